The molecule has 0 saturated heterocycles. The molecule has 0 aliphatic carbocycles. The molecule has 0 bridgehead atoms. The van der Waals surface area contributed by atoms with E-state index in [1.165, 1.54) is 0 Å². The number of aromatic nitrogens is 2. The lowest BCUT2D eigenvalue weighted by Crippen LogP contribution is -2.10. The first-order valence-electron chi connectivity index (χ1n) is 5.24. The van der Waals surface area contributed by atoms with E-state index < -0.39 is 13.0 Å². The number of nitrogens with zero attached hydrogens (tertiary/aromatic N) is 2. The Hall–Kier alpha value is -0.820. The summed E-state index contributed by atoms with van der Waals surface area (Å²) in [7, 11) is 0. The molecular formula is C10H14BrF2N3O. The quantitative estimate of drug-likeness (QED) is 0.786. The zero-order valence-corrected chi connectivity index (χ0v) is 11.0. The minimum absolute atomic E-state index is 0.192. The highest BCUT2D eigenvalue weighted by Crippen LogP contribution is 2.18. The van der Waals surface area contributed by atoms with Crippen LogP contribution in [0.25, 0.3) is 0 Å². The van der Waals surface area contributed by atoms with Gasteiger partial charge in [0.15, 0.2) is 0 Å². The lowest BCUT2D eigenvalue weighted by molar-refractivity contribution is 0.0183. The topological polar surface area (TPSA) is 47.0 Å². The van der Waals surface area contributed by atoms with Crippen molar-refractivity contribution in [2.75, 3.05) is 25.1 Å². The lowest BCUT2D eigenvalue weighted by atomic mass is 10.4. The van der Waals surface area contributed by atoms with Crippen molar-refractivity contribution < 1.29 is 13.5 Å². The smallest absolute Gasteiger partial charge is 0.261 e. The summed E-state index contributed by atoms with van der Waals surface area (Å²) in [4.78, 5) is 8.31. The van der Waals surface area contributed by atoms with Crippen LogP contribution in [0.3, 0.4) is 0 Å². The average molecular weight is 310 g/mol. The predicted octanol–water partition coefficient (Wildman–Crippen LogP) is 2.50. The first kappa shape index (κ1) is 14.2. The van der Waals surface area contributed by atoms with Gasteiger partial charge in [0.1, 0.15) is 18.2 Å². The van der Waals surface area contributed by atoms with Gasteiger partial charge in [-0.3, -0.25) is 0 Å². The van der Waals surface area contributed by atoms with Crippen LogP contribution in [0.15, 0.2) is 10.7 Å². The summed E-state index contributed by atoms with van der Waals surface area (Å²) in [6, 6.07) is 0. The Morgan fingerprint density at radius 1 is 1.53 bits per heavy atom. The fourth-order valence-corrected chi connectivity index (χ4v) is 1.48. The normalized spacial score (nSPS) is 10.9. The van der Waals surface area contributed by atoms with Gasteiger partial charge in [-0.2, -0.15) is 0 Å². The summed E-state index contributed by atoms with van der Waals surface area (Å²) in [5.74, 6) is 1.27. The van der Waals surface area contributed by atoms with Crippen LogP contribution in [0.2, 0.25) is 0 Å². The van der Waals surface area contributed by atoms with Crippen molar-refractivity contribution in [2.45, 2.75) is 19.8 Å². The van der Waals surface area contributed by atoms with Crippen molar-refractivity contribution in [1.29, 1.82) is 0 Å². The lowest BCUT2D eigenvalue weighted by Gasteiger charge is -2.07. The van der Waals surface area contributed by atoms with Crippen LogP contribution in [0.5, 0.6) is 0 Å². The first-order chi connectivity index (χ1) is 8.13. The Balaban J connectivity index is 2.45. The SMILES string of the molecule is CCNc1nc(CCOCC(F)F)ncc1Br. The maximum atomic E-state index is 11.8. The highest BCUT2D eigenvalue weighted by molar-refractivity contribution is 9.10. The van der Waals surface area contributed by atoms with Crippen molar-refractivity contribution in [3.05, 3.63) is 16.5 Å². The van der Waals surface area contributed by atoms with E-state index in [0.717, 1.165) is 11.0 Å². The fraction of sp³-hybridized carbons (Fsp3) is 0.600. The minimum Gasteiger partial charge on any atom is -0.375 e. The third kappa shape index (κ3) is 5.36. The van der Waals surface area contributed by atoms with Crippen LogP contribution < -0.4 is 5.32 Å². The molecule has 0 radical (unpaired) electrons. The standard InChI is InChI=1S/C10H14BrF2N3O/c1-2-14-10-7(11)5-15-9(16-10)3-4-17-6-8(12)13/h5,8H,2-4,6H2,1H3,(H,14,15,16). The number of rotatable bonds is 7. The Bertz CT molecular complexity index is 352. The van der Waals surface area contributed by atoms with E-state index >= 15 is 0 Å². The molecule has 1 rings (SSSR count). The number of halogens is 3. The van der Waals surface area contributed by atoms with Crippen LogP contribution >= 0.6 is 15.9 Å². The Labute approximate surface area is 107 Å². The number of hydrogen-bond donors (Lipinski definition) is 1. The van der Waals surface area contributed by atoms with Crippen LogP contribution in [0.1, 0.15) is 12.7 Å². The zero-order valence-electron chi connectivity index (χ0n) is 9.42. The maximum absolute atomic E-state index is 11.8. The Morgan fingerprint density at radius 3 is 2.94 bits per heavy atom. The summed E-state index contributed by atoms with van der Waals surface area (Å²) < 4.78 is 29.2. The fourth-order valence-electron chi connectivity index (χ4n) is 1.15. The van der Waals surface area contributed by atoms with E-state index in [2.05, 4.69) is 31.2 Å². The Kier molecular flexibility index (Phi) is 6.28. The highest BCUT2D eigenvalue weighted by atomic mass is 79.9. The molecular weight excluding hydrogens is 296 g/mol. The first-order valence-corrected chi connectivity index (χ1v) is 6.04. The molecule has 1 N–H and O–H groups in total. The summed E-state index contributed by atoms with van der Waals surface area (Å²) in [6.45, 7) is 2.35. The van der Waals surface area contributed by atoms with Crippen molar-refractivity contribution in [2.24, 2.45) is 0 Å². The van der Waals surface area contributed by atoms with E-state index in [0.29, 0.717) is 18.1 Å². The van der Waals surface area contributed by atoms with Gasteiger partial charge in [0, 0.05) is 19.2 Å². The molecule has 0 saturated carbocycles. The van der Waals surface area contributed by atoms with Gasteiger partial charge >= 0.3 is 0 Å². The third-order valence-corrected chi connectivity index (χ3v) is 2.43. The van der Waals surface area contributed by atoms with Crippen LogP contribution in [0.4, 0.5) is 14.6 Å². The molecule has 0 atom stereocenters. The monoisotopic (exact) mass is 309 g/mol. The number of alkyl halides is 2. The van der Waals surface area contributed by atoms with Gasteiger partial charge in [-0.1, -0.05) is 0 Å². The molecule has 17 heavy (non-hydrogen) atoms. The molecule has 0 unspecified atom stereocenters. The van der Waals surface area contributed by atoms with Gasteiger partial charge < -0.3 is 10.1 Å². The predicted molar refractivity (Wildman–Crippen MR) is 64.4 cm³/mol. The van der Waals surface area contributed by atoms with Gasteiger partial charge in [0.25, 0.3) is 6.43 Å². The van der Waals surface area contributed by atoms with Crippen molar-refractivity contribution in [3.63, 3.8) is 0 Å². The molecule has 0 spiro atoms. The molecule has 0 aliphatic rings. The van der Waals surface area contributed by atoms with Gasteiger partial charge in [0.2, 0.25) is 0 Å². The second-order valence-electron chi connectivity index (χ2n) is 3.23. The second kappa shape index (κ2) is 7.50. The number of hydrogen-bond acceptors (Lipinski definition) is 4. The largest absolute Gasteiger partial charge is 0.375 e. The highest BCUT2D eigenvalue weighted by Gasteiger charge is 2.05. The van der Waals surface area contributed by atoms with Crippen LogP contribution in [0, 0.1) is 0 Å². The van der Waals surface area contributed by atoms with Crippen LogP contribution in [-0.4, -0.2) is 36.2 Å². The molecule has 4 nitrogen and oxygen atoms in total. The van der Waals surface area contributed by atoms with E-state index in [-0.39, 0.29) is 6.61 Å². The Morgan fingerprint density at radius 2 is 2.29 bits per heavy atom. The number of ether oxygens (including phenoxy) is 1. The molecule has 0 aromatic carbocycles. The van der Waals surface area contributed by atoms with E-state index in [4.69, 9.17) is 4.74 Å². The van der Waals surface area contributed by atoms with E-state index in [9.17, 15) is 8.78 Å². The summed E-state index contributed by atoms with van der Waals surface area (Å²) in [6.07, 6.45) is -0.385. The number of anilines is 1. The molecule has 0 fully saturated rings. The zero-order chi connectivity index (χ0) is 12.7. The summed E-state index contributed by atoms with van der Waals surface area (Å²) in [5, 5.41) is 3.07. The minimum atomic E-state index is -2.43. The molecule has 0 amide bonds. The van der Waals surface area contributed by atoms with Gasteiger partial charge in [-0.25, -0.2) is 18.7 Å². The van der Waals surface area contributed by atoms with Crippen molar-refractivity contribution >= 4 is 21.7 Å². The molecule has 1 heterocycles. The third-order valence-electron chi connectivity index (χ3n) is 1.85. The second-order valence-corrected chi connectivity index (χ2v) is 4.08. The molecule has 1 aromatic rings. The van der Waals surface area contributed by atoms with E-state index in [1.54, 1.807) is 6.20 Å². The van der Waals surface area contributed by atoms with Gasteiger partial charge in [-0.05, 0) is 22.9 Å². The molecule has 7 heteroatoms. The maximum Gasteiger partial charge on any atom is 0.261 e. The number of nitrogens with one attached hydrogen (secondary N) is 1. The summed E-state index contributed by atoms with van der Waals surface area (Å²) >= 11 is 3.31. The van der Waals surface area contributed by atoms with E-state index in [1.807, 2.05) is 6.92 Å². The molecule has 0 aliphatic heterocycles. The average Bonchev–Trinajstić information content (AvgIpc) is 2.28. The summed E-state index contributed by atoms with van der Waals surface area (Å²) in [5.41, 5.74) is 0. The van der Waals surface area contributed by atoms with Gasteiger partial charge in [-0.15, -0.1) is 0 Å². The van der Waals surface area contributed by atoms with Gasteiger partial charge in [0.05, 0.1) is 11.1 Å². The molecule has 96 valence electrons. The van der Waals surface area contributed by atoms with Crippen molar-refractivity contribution in [1.82, 2.24) is 9.97 Å². The molecule has 1 aromatic heterocycles. The van der Waals surface area contributed by atoms with Crippen molar-refractivity contribution in [3.8, 4) is 0 Å². The van der Waals surface area contributed by atoms with Crippen LogP contribution in [-0.2, 0) is 11.2 Å².